The van der Waals surface area contributed by atoms with Crippen molar-refractivity contribution in [1.82, 2.24) is 15.5 Å². The largest absolute Gasteiger partial charge is 0.492 e. The third-order valence-electron chi connectivity index (χ3n) is 4.26. The summed E-state index contributed by atoms with van der Waals surface area (Å²) >= 11 is 5.88. The van der Waals surface area contributed by atoms with Crippen LogP contribution in [0.3, 0.4) is 0 Å². The Balaban J connectivity index is 0.00000512. The van der Waals surface area contributed by atoms with Crippen molar-refractivity contribution in [1.29, 1.82) is 0 Å². The minimum absolute atomic E-state index is 0. The highest BCUT2D eigenvalue weighted by Crippen LogP contribution is 2.15. The van der Waals surface area contributed by atoms with Crippen molar-refractivity contribution in [3.8, 4) is 5.75 Å². The predicted molar refractivity (Wildman–Crippen MR) is 138 cm³/mol. The molecule has 0 aromatic heterocycles. The third kappa shape index (κ3) is 9.73. The number of rotatable bonds is 10. The van der Waals surface area contributed by atoms with E-state index in [2.05, 4.69) is 15.6 Å². The molecule has 2 aromatic rings. The average Bonchev–Trinajstić information content (AvgIpc) is 2.76. The molecule has 2 aromatic carbocycles. The molecule has 0 spiro atoms. The zero-order chi connectivity index (χ0) is 22.6. The molecular formula is C22H29ClIN5O3. The fourth-order valence-corrected chi connectivity index (χ4v) is 2.73. The number of carbonyl (C=O) groups is 2. The van der Waals surface area contributed by atoms with Crippen molar-refractivity contribution < 1.29 is 14.3 Å². The van der Waals surface area contributed by atoms with Crippen molar-refractivity contribution >= 4 is 53.4 Å². The Hall–Kier alpha value is -2.53. The maximum absolute atomic E-state index is 11.9. The van der Waals surface area contributed by atoms with Gasteiger partial charge in [0.15, 0.2) is 5.96 Å². The van der Waals surface area contributed by atoms with E-state index in [9.17, 15) is 9.59 Å². The van der Waals surface area contributed by atoms with Crippen LogP contribution in [0.4, 0.5) is 0 Å². The first-order valence-corrected chi connectivity index (χ1v) is 10.3. The summed E-state index contributed by atoms with van der Waals surface area (Å²) in [7, 11) is 1.94. The number of aliphatic imine (C=N–C) groups is 1. The summed E-state index contributed by atoms with van der Waals surface area (Å²) in [6.07, 6.45) is 0. The van der Waals surface area contributed by atoms with Crippen LogP contribution in [0, 0.1) is 0 Å². The molecule has 32 heavy (non-hydrogen) atoms. The van der Waals surface area contributed by atoms with Gasteiger partial charge in [0.1, 0.15) is 12.4 Å². The van der Waals surface area contributed by atoms with Gasteiger partial charge in [0.2, 0.25) is 5.91 Å². The van der Waals surface area contributed by atoms with Crippen LogP contribution >= 0.6 is 35.6 Å². The second kappa shape index (κ2) is 14.5. The molecule has 2 rings (SSSR count). The van der Waals surface area contributed by atoms with Crippen molar-refractivity contribution in [3.05, 3.63) is 64.7 Å². The van der Waals surface area contributed by atoms with E-state index < -0.39 is 5.91 Å². The lowest BCUT2D eigenvalue weighted by Gasteiger charge is -2.22. The van der Waals surface area contributed by atoms with Crippen molar-refractivity contribution in [3.63, 3.8) is 0 Å². The zero-order valence-corrected chi connectivity index (χ0v) is 21.2. The third-order valence-corrected chi connectivity index (χ3v) is 4.51. The lowest BCUT2D eigenvalue weighted by atomic mass is 10.1. The van der Waals surface area contributed by atoms with E-state index >= 15 is 0 Å². The molecule has 10 heteroatoms. The van der Waals surface area contributed by atoms with Crippen LogP contribution in [0.2, 0.25) is 5.02 Å². The predicted octanol–water partition coefficient (Wildman–Crippen LogP) is 2.65. The molecule has 0 unspecified atom stereocenters. The van der Waals surface area contributed by atoms with Gasteiger partial charge in [-0.3, -0.25) is 9.59 Å². The van der Waals surface area contributed by atoms with Gasteiger partial charge < -0.3 is 26.0 Å². The molecule has 4 N–H and O–H groups in total. The highest BCUT2D eigenvalue weighted by atomic mass is 127. The number of hydrogen-bond acceptors (Lipinski definition) is 4. The first-order valence-electron chi connectivity index (χ1n) is 9.92. The quantitative estimate of drug-likeness (QED) is 0.230. The lowest BCUT2D eigenvalue weighted by molar-refractivity contribution is -0.117. The van der Waals surface area contributed by atoms with E-state index in [1.54, 1.807) is 24.3 Å². The number of hydrogen-bond donors (Lipinski definition) is 3. The number of carbonyl (C=O) groups excluding carboxylic acids is 2. The Kier molecular flexibility index (Phi) is 12.5. The highest BCUT2D eigenvalue weighted by molar-refractivity contribution is 14.0. The van der Waals surface area contributed by atoms with E-state index in [0.29, 0.717) is 30.3 Å². The summed E-state index contributed by atoms with van der Waals surface area (Å²) in [5.41, 5.74) is 6.44. The number of primary amides is 1. The van der Waals surface area contributed by atoms with Gasteiger partial charge in [0.25, 0.3) is 5.91 Å². The molecular weight excluding hydrogens is 545 g/mol. The fraction of sp³-hybridized carbons (Fsp3) is 0.318. The molecule has 2 amide bonds. The number of amides is 2. The molecule has 0 aliphatic heterocycles. The average molecular weight is 574 g/mol. The Bertz CT molecular complexity index is 891. The molecule has 0 saturated carbocycles. The smallest absolute Gasteiger partial charge is 0.251 e. The first kappa shape index (κ1) is 27.5. The van der Waals surface area contributed by atoms with Gasteiger partial charge in [0, 0.05) is 24.2 Å². The summed E-state index contributed by atoms with van der Waals surface area (Å²) in [5.74, 6) is 0.589. The topological polar surface area (TPSA) is 109 Å². The summed E-state index contributed by atoms with van der Waals surface area (Å²) in [5, 5.41) is 6.39. The zero-order valence-electron chi connectivity index (χ0n) is 18.1. The maximum atomic E-state index is 11.9. The molecule has 8 nitrogen and oxygen atoms in total. The number of guanidine groups is 1. The Morgan fingerprint density at radius 2 is 1.75 bits per heavy atom. The molecule has 0 bridgehead atoms. The van der Waals surface area contributed by atoms with E-state index in [1.165, 1.54) is 0 Å². The second-order valence-electron chi connectivity index (χ2n) is 6.74. The van der Waals surface area contributed by atoms with Gasteiger partial charge in [-0.05, 0) is 48.9 Å². The number of benzene rings is 2. The van der Waals surface area contributed by atoms with E-state index in [4.69, 9.17) is 22.1 Å². The van der Waals surface area contributed by atoms with Gasteiger partial charge >= 0.3 is 0 Å². The van der Waals surface area contributed by atoms with Gasteiger partial charge in [-0.25, -0.2) is 4.99 Å². The van der Waals surface area contributed by atoms with Gasteiger partial charge in [-0.1, -0.05) is 23.7 Å². The maximum Gasteiger partial charge on any atom is 0.251 e. The van der Waals surface area contributed by atoms with Crippen LogP contribution in [-0.2, 0) is 11.3 Å². The van der Waals surface area contributed by atoms with E-state index in [-0.39, 0.29) is 36.4 Å². The molecule has 0 saturated heterocycles. The van der Waals surface area contributed by atoms with Crippen LogP contribution in [0.1, 0.15) is 22.8 Å². The van der Waals surface area contributed by atoms with Crippen LogP contribution in [-0.4, -0.2) is 56.0 Å². The van der Waals surface area contributed by atoms with Crippen molar-refractivity contribution in [2.45, 2.75) is 13.5 Å². The van der Waals surface area contributed by atoms with Crippen molar-refractivity contribution in [2.75, 3.05) is 33.3 Å². The molecule has 0 fully saturated rings. The highest BCUT2D eigenvalue weighted by Gasteiger charge is 2.08. The Morgan fingerprint density at radius 3 is 2.34 bits per heavy atom. The van der Waals surface area contributed by atoms with Crippen LogP contribution in [0.15, 0.2) is 53.5 Å². The molecule has 0 aliphatic rings. The summed E-state index contributed by atoms with van der Waals surface area (Å²) < 4.78 is 5.74. The standard InChI is InChI=1S/C22H28ClN5O3.HI/c1-3-25-22(28(2)12-13-31-19-10-8-18(23)9-11-19)27-14-16-4-6-17(7-5-16)21(30)26-15-20(24)29;/h4-11H,3,12-15H2,1-2H3,(H2,24,29)(H,25,27)(H,26,30);1H. The normalized spacial score (nSPS) is 10.7. The number of halogens is 2. The van der Waals surface area contributed by atoms with Gasteiger partial charge in [-0.15, -0.1) is 24.0 Å². The molecule has 0 radical (unpaired) electrons. The molecule has 0 aliphatic carbocycles. The minimum atomic E-state index is -0.585. The van der Waals surface area contributed by atoms with E-state index in [0.717, 1.165) is 23.8 Å². The van der Waals surface area contributed by atoms with Gasteiger partial charge in [0.05, 0.1) is 19.6 Å². The number of nitrogens with one attached hydrogen (secondary N) is 2. The van der Waals surface area contributed by atoms with Crippen LogP contribution < -0.4 is 21.1 Å². The summed E-state index contributed by atoms with van der Waals surface area (Å²) in [6.45, 7) is 4.15. The summed E-state index contributed by atoms with van der Waals surface area (Å²) in [6, 6.07) is 14.3. The molecule has 174 valence electrons. The minimum Gasteiger partial charge on any atom is -0.492 e. The fourth-order valence-electron chi connectivity index (χ4n) is 2.60. The SMILES string of the molecule is CCNC(=NCc1ccc(C(=O)NCC(N)=O)cc1)N(C)CCOc1ccc(Cl)cc1.I. The summed E-state index contributed by atoms with van der Waals surface area (Å²) in [4.78, 5) is 29.3. The second-order valence-corrected chi connectivity index (χ2v) is 7.18. The number of likely N-dealkylation sites (N-methyl/N-ethyl adjacent to an activating group) is 1. The van der Waals surface area contributed by atoms with Gasteiger partial charge in [-0.2, -0.15) is 0 Å². The monoisotopic (exact) mass is 573 g/mol. The number of ether oxygens (including phenoxy) is 1. The van der Waals surface area contributed by atoms with Crippen molar-refractivity contribution in [2.24, 2.45) is 10.7 Å². The first-order chi connectivity index (χ1) is 14.9. The van der Waals surface area contributed by atoms with E-state index in [1.807, 2.05) is 43.1 Å². The Labute approximate surface area is 210 Å². The molecule has 0 heterocycles. The Morgan fingerprint density at radius 1 is 1.09 bits per heavy atom. The lowest BCUT2D eigenvalue weighted by Crippen LogP contribution is -2.40. The van der Waals surface area contributed by atoms with Crippen LogP contribution in [0.5, 0.6) is 5.75 Å². The number of nitrogens with zero attached hydrogens (tertiary/aromatic N) is 2. The van der Waals surface area contributed by atoms with Crippen LogP contribution in [0.25, 0.3) is 0 Å². The number of nitrogens with two attached hydrogens (primary N) is 1. The molecule has 0 atom stereocenters.